The lowest BCUT2D eigenvalue weighted by molar-refractivity contribution is -0.481. The molecule has 6 aromatic carbocycles. The molecule has 0 unspecified atom stereocenters. The summed E-state index contributed by atoms with van der Waals surface area (Å²) >= 11 is 6.71. The molecule has 4 nitrogen and oxygen atoms in total. The van der Waals surface area contributed by atoms with Gasteiger partial charge < -0.3 is 10.4 Å². The van der Waals surface area contributed by atoms with Gasteiger partial charge in [0.25, 0.3) is 0 Å². The summed E-state index contributed by atoms with van der Waals surface area (Å²) < 4.78 is 109. The molecule has 0 bridgehead atoms. The SMILES string of the molecule is CC(C)CC[N+](=O)[O-].FB(F)F.FC(F)(F)[s+]1c2ccccc2c2ccccc21.FC(F)(F)c1ccc(Br)c2ccccc12.Nc1ccc(Br)c2ccccc12.[F-]. The van der Waals surface area contributed by atoms with Gasteiger partial charge in [0.2, 0.25) is 6.54 Å². The van der Waals surface area contributed by atoms with Crippen LogP contribution < -0.4 is 10.4 Å². The van der Waals surface area contributed by atoms with Gasteiger partial charge in [-0.1, -0.05) is 119 Å². The van der Waals surface area contributed by atoms with E-state index >= 15 is 0 Å². The molecule has 0 saturated heterocycles. The summed E-state index contributed by atoms with van der Waals surface area (Å²) in [6.45, 7) is 4.06. The van der Waals surface area contributed by atoms with Gasteiger partial charge in [0.15, 0.2) is 9.40 Å². The Kier molecular flexibility index (Phi) is 18.7. The fourth-order valence-corrected chi connectivity index (χ4v) is 8.18. The molecule has 0 aliphatic rings. The topological polar surface area (TPSA) is 69.2 Å². The van der Waals surface area contributed by atoms with E-state index in [0.717, 1.165) is 27.0 Å². The largest absolute Gasteiger partial charge is 1.00 e. The van der Waals surface area contributed by atoms with Gasteiger partial charge in [0.1, 0.15) is 10.5 Å². The molecule has 0 radical (unpaired) electrons. The molecule has 2 N–H and O–H groups in total. The van der Waals surface area contributed by atoms with Crippen molar-refractivity contribution < 1.29 is 48.9 Å². The van der Waals surface area contributed by atoms with E-state index in [2.05, 4.69) is 37.9 Å². The van der Waals surface area contributed by atoms with E-state index in [4.69, 9.17) is 5.73 Å². The molecule has 0 saturated carbocycles. The number of anilines is 1. The molecule has 0 atom stereocenters. The Morgan fingerprint density at radius 1 is 0.649 bits per heavy atom. The van der Waals surface area contributed by atoms with E-state index in [9.17, 15) is 49.4 Å². The van der Waals surface area contributed by atoms with Crippen LogP contribution in [0.25, 0.3) is 41.7 Å². The Labute approximate surface area is 340 Å². The van der Waals surface area contributed by atoms with Crippen molar-refractivity contribution in [1.29, 1.82) is 0 Å². The second-order valence-electron chi connectivity index (χ2n) is 12.1. The fraction of sp³-hybridized carbons (Fsp3) is 0.179. The Bertz CT molecular complexity index is 2280. The predicted octanol–water partition coefficient (Wildman–Crippen LogP) is 12.2. The second-order valence-corrected chi connectivity index (χ2v) is 15.7. The van der Waals surface area contributed by atoms with E-state index < -0.39 is 35.3 Å². The lowest BCUT2D eigenvalue weighted by Gasteiger charge is -2.10. The number of alkyl halides is 6. The summed E-state index contributed by atoms with van der Waals surface area (Å²) in [5.74, 6) is 0.445. The third kappa shape index (κ3) is 14.2. The van der Waals surface area contributed by atoms with Crippen molar-refractivity contribution in [3.8, 4) is 0 Å². The molecule has 7 aromatic rings. The molecular formula is C39H33BBr2F10N2O2S. The smallest absolute Gasteiger partial charge is 0.762 e. The Morgan fingerprint density at radius 2 is 1.02 bits per heavy atom. The van der Waals surface area contributed by atoms with Gasteiger partial charge in [0, 0.05) is 42.1 Å². The van der Waals surface area contributed by atoms with Gasteiger partial charge >= 0.3 is 19.2 Å². The molecule has 7 rings (SSSR count). The first kappa shape index (κ1) is 48.7. The van der Waals surface area contributed by atoms with Gasteiger partial charge in [-0.3, -0.25) is 23.1 Å². The van der Waals surface area contributed by atoms with Crippen molar-refractivity contribution >= 4 is 97.3 Å². The third-order valence-electron chi connectivity index (χ3n) is 7.71. The average Bonchev–Trinajstić information content (AvgIpc) is 3.48. The maximum Gasteiger partial charge on any atom is 0.762 e. The minimum Gasteiger partial charge on any atom is -1.00 e. The Morgan fingerprint density at radius 3 is 1.39 bits per heavy atom. The quantitative estimate of drug-likeness (QED) is 0.0479. The highest BCUT2D eigenvalue weighted by Crippen LogP contribution is 2.53. The highest BCUT2D eigenvalue weighted by molar-refractivity contribution is 9.11. The molecule has 0 amide bonds. The summed E-state index contributed by atoms with van der Waals surface area (Å²) in [6, 6.07) is 34.5. The minimum absolute atomic E-state index is 0. The van der Waals surface area contributed by atoms with Crippen LogP contribution in [0.5, 0.6) is 0 Å². The average molecular weight is 954 g/mol. The van der Waals surface area contributed by atoms with Gasteiger partial charge in [0.05, 0.1) is 5.56 Å². The van der Waals surface area contributed by atoms with Crippen LogP contribution in [0.15, 0.2) is 130 Å². The molecular weight excluding hydrogens is 921 g/mol. The number of fused-ring (bicyclic) bond motifs is 5. The normalized spacial score (nSPS) is 10.9. The van der Waals surface area contributed by atoms with E-state index in [1.54, 1.807) is 66.7 Å². The van der Waals surface area contributed by atoms with Crippen LogP contribution in [-0.4, -0.2) is 19.0 Å². The van der Waals surface area contributed by atoms with Gasteiger partial charge in [-0.05, 0) is 70.6 Å². The zero-order chi connectivity index (χ0) is 41.8. The van der Waals surface area contributed by atoms with Crippen molar-refractivity contribution in [3.63, 3.8) is 0 Å². The second kappa shape index (κ2) is 21.9. The highest BCUT2D eigenvalue weighted by Gasteiger charge is 2.47. The molecule has 0 fully saturated rings. The van der Waals surface area contributed by atoms with Crippen LogP contribution in [0, 0.1) is 16.0 Å². The van der Waals surface area contributed by atoms with Crippen LogP contribution in [-0.2, 0) is 11.7 Å². The number of benzene rings is 6. The van der Waals surface area contributed by atoms with Crippen LogP contribution in [0.3, 0.4) is 0 Å². The first-order valence-electron chi connectivity index (χ1n) is 16.4. The number of hydrogen-bond acceptors (Lipinski definition) is 3. The maximum absolute atomic E-state index is 13.1. The first-order chi connectivity index (χ1) is 26.2. The first-order valence-corrected chi connectivity index (χ1v) is 19.3. The van der Waals surface area contributed by atoms with E-state index in [1.807, 2.05) is 44.2 Å². The lowest BCUT2D eigenvalue weighted by atomic mass is 10.0. The number of rotatable bonds is 3. The van der Waals surface area contributed by atoms with Crippen LogP contribution in [0.2, 0.25) is 0 Å². The molecule has 304 valence electrons. The number of nitro groups is 1. The molecule has 0 aliphatic carbocycles. The molecule has 0 spiro atoms. The number of nitrogens with zero attached hydrogens (tertiary/aromatic N) is 1. The van der Waals surface area contributed by atoms with Crippen LogP contribution in [0.4, 0.5) is 45.0 Å². The summed E-state index contributed by atoms with van der Waals surface area (Å²) in [6.07, 6.45) is -3.62. The monoisotopic (exact) mass is 952 g/mol. The number of hydrogen-bond donors (Lipinski definition) is 1. The molecule has 0 aliphatic heterocycles. The summed E-state index contributed by atoms with van der Waals surface area (Å²) in [7, 11) is -5.46. The number of halogens is 12. The van der Waals surface area contributed by atoms with Gasteiger partial charge in [-0.25, -0.2) is 0 Å². The maximum atomic E-state index is 13.1. The van der Waals surface area contributed by atoms with E-state index in [0.29, 0.717) is 42.4 Å². The predicted molar refractivity (Wildman–Crippen MR) is 218 cm³/mol. The van der Waals surface area contributed by atoms with Crippen LogP contribution in [0.1, 0.15) is 25.8 Å². The van der Waals surface area contributed by atoms with Crippen molar-refractivity contribution in [2.45, 2.75) is 32.0 Å². The summed E-state index contributed by atoms with van der Waals surface area (Å²) in [5, 5.41) is 14.2. The number of nitrogens with two attached hydrogens (primary N) is 1. The van der Waals surface area contributed by atoms with Crippen molar-refractivity contribution in [3.05, 3.63) is 146 Å². The van der Waals surface area contributed by atoms with Crippen molar-refractivity contribution in [1.82, 2.24) is 0 Å². The number of nitrogen functional groups attached to an aromatic ring is 1. The van der Waals surface area contributed by atoms with Crippen molar-refractivity contribution in [2.24, 2.45) is 5.92 Å². The highest BCUT2D eigenvalue weighted by atomic mass is 79.9. The van der Waals surface area contributed by atoms with Crippen molar-refractivity contribution in [2.75, 3.05) is 12.3 Å². The van der Waals surface area contributed by atoms with E-state index in [-0.39, 0.29) is 21.6 Å². The lowest BCUT2D eigenvalue weighted by Crippen LogP contribution is -3.00. The Balaban J connectivity index is 0.000000260. The fourth-order valence-electron chi connectivity index (χ4n) is 5.26. The number of thiophene rings is 1. The van der Waals surface area contributed by atoms with Gasteiger partial charge in [-0.15, -0.1) is 13.2 Å². The van der Waals surface area contributed by atoms with Gasteiger partial charge in [-0.2, -0.15) is 13.2 Å². The molecule has 1 aromatic heterocycles. The summed E-state index contributed by atoms with van der Waals surface area (Å²) in [5.41, 5.74) is 1.83. The zero-order valence-electron chi connectivity index (χ0n) is 29.9. The molecule has 57 heavy (non-hydrogen) atoms. The summed E-state index contributed by atoms with van der Waals surface area (Å²) in [4.78, 5) is 9.43. The minimum atomic E-state index is -4.31. The zero-order valence-corrected chi connectivity index (χ0v) is 33.9. The third-order valence-corrected chi connectivity index (χ3v) is 11.1. The Hall–Kier alpha value is -4.42. The van der Waals surface area contributed by atoms with E-state index in [1.165, 1.54) is 12.1 Å². The standard InChI is InChI=1S/C13H8F3S.C11H6BrF3.C10H8BrN.C5H11NO2.BF3.FH/c14-13(15,16)17-11-7-3-1-5-9(11)10-6-2-4-8-12(10)17;12-10-6-5-9(11(13,14)15)7-3-1-2-4-8(7)10;11-9-5-6-10(12)8-4-2-1-3-7(8)9;1-5(2)3-4-6(7)8;2-1(3)4;/h1-8H;1-6H;1-6H,12H2;5H,3-4H2,1-2H3;;1H/q+1;;;;;/p-1. The molecule has 1 heterocycles. The van der Waals surface area contributed by atoms with Crippen LogP contribution >= 0.6 is 42.3 Å². The molecule has 18 heteroatoms.